The lowest BCUT2D eigenvalue weighted by atomic mass is 10.0. The molecule has 0 saturated carbocycles. The Morgan fingerprint density at radius 3 is 2.79 bits per heavy atom. The molecule has 2 rings (SSSR count). The zero-order valence-electron chi connectivity index (χ0n) is 10.3. The topological polar surface area (TPSA) is 94.5 Å². The summed E-state index contributed by atoms with van der Waals surface area (Å²) in [5.74, 6) is -0.966. The Morgan fingerprint density at radius 1 is 1.58 bits per heavy atom. The van der Waals surface area contributed by atoms with Crippen molar-refractivity contribution in [1.29, 1.82) is 0 Å². The first-order valence-corrected chi connectivity index (χ1v) is 6.16. The molecule has 19 heavy (non-hydrogen) atoms. The second kappa shape index (κ2) is 5.66. The summed E-state index contributed by atoms with van der Waals surface area (Å²) in [5, 5.41) is 12.4. The van der Waals surface area contributed by atoms with Gasteiger partial charge in [-0.1, -0.05) is 11.8 Å². The maximum atomic E-state index is 11.5. The number of hydrogen-bond acceptors (Lipinski definition) is 5. The number of H-pyrrole nitrogens is 1. The molecule has 0 fully saturated rings. The van der Waals surface area contributed by atoms with Crippen LogP contribution in [0.5, 0.6) is 0 Å². The molecule has 1 aliphatic heterocycles. The second-order valence-electron chi connectivity index (χ2n) is 4.42. The Morgan fingerprint density at radius 2 is 2.26 bits per heavy atom. The van der Waals surface area contributed by atoms with Crippen molar-refractivity contribution in [3.63, 3.8) is 0 Å². The lowest BCUT2D eigenvalue weighted by Crippen LogP contribution is -2.34. The summed E-state index contributed by atoms with van der Waals surface area (Å²) in [7, 11) is 0. The largest absolute Gasteiger partial charge is 0.480 e. The quantitative estimate of drug-likeness (QED) is 0.770. The number of amidine groups is 1. The van der Waals surface area contributed by atoms with Crippen LogP contribution in [0.3, 0.4) is 0 Å². The number of hydrogen-bond donors (Lipinski definition) is 3. The van der Waals surface area contributed by atoms with Gasteiger partial charge in [-0.05, 0) is 26.0 Å². The van der Waals surface area contributed by atoms with E-state index in [0.717, 1.165) is 0 Å². The van der Waals surface area contributed by atoms with Crippen LogP contribution in [0.1, 0.15) is 13.8 Å². The van der Waals surface area contributed by atoms with Gasteiger partial charge < -0.3 is 15.4 Å². The fraction of sp³-hybridized carbons (Fsp3) is 0.364. The average molecular weight is 304 g/mol. The van der Waals surface area contributed by atoms with Gasteiger partial charge in [0.05, 0.1) is 4.75 Å². The zero-order valence-corrected chi connectivity index (χ0v) is 12.0. The van der Waals surface area contributed by atoms with Crippen molar-refractivity contribution >= 4 is 41.0 Å². The van der Waals surface area contributed by atoms with E-state index in [4.69, 9.17) is 5.11 Å². The van der Waals surface area contributed by atoms with E-state index in [1.54, 1.807) is 12.1 Å². The number of carboxylic acids is 1. The molecule has 104 valence electrons. The van der Waals surface area contributed by atoms with Crippen molar-refractivity contribution < 1.29 is 9.90 Å². The van der Waals surface area contributed by atoms with E-state index < -0.39 is 16.8 Å². The summed E-state index contributed by atoms with van der Waals surface area (Å²) >= 11 is 1.31. The van der Waals surface area contributed by atoms with Crippen molar-refractivity contribution in [2.45, 2.75) is 24.6 Å². The first kappa shape index (κ1) is 15.6. The summed E-state index contributed by atoms with van der Waals surface area (Å²) in [5.41, 5.74) is 0.0861. The number of aliphatic imine (C=N–C) groups is 1. The number of aromatic amines is 1. The third kappa shape index (κ3) is 3.30. The fourth-order valence-corrected chi connectivity index (χ4v) is 2.73. The van der Waals surface area contributed by atoms with E-state index in [-0.39, 0.29) is 18.0 Å². The predicted octanol–water partition coefficient (Wildman–Crippen LogP) is 1.54. The lowest BCUT2D eigenvalue weighted by molar-refractivity contribution is -0.138. The van der Waals surface area contributed by atoms with Gasteiger partial charge in [0, 0.05) is 6.20 Å². The van der Waals surface area contributed by atoms with E-state index in [9.17, 15) is 9.59 Å². The predicted molar refractivity (Wildman–Crippen MR) is 78.5 cm³/mol. The molecule has 1 aromatic rings. The first-order chi connectivity index (χ1) is 8.40. The van der Waals surface area contributed by atoms with Crippen LogP contribution in [0.25, 0.3) is 0 Å². The molecular weight excluding hydrogens is 290 g/mol. The Hall–Kier alpha value is -1.47. The molecular formula is C11H14ClN3O3S. The van der Waals surface area contributed by atoms with Crippen LogP contribution in [0.2, 0.25) is 0 Å². The molecule has 1 atom stereocenters. The van der Waals surface area contributed by atoms with Crippen molar-refractivity contribution in [1.82, 2.24) is 4.98 Å². The van der Waals surface area contributed by atoms with Crippen LogP contribution < -0.4 is 10.9 Å². The zero-order chi connectivity index (χ0) is 13.3. The van der Waals surface area contributed by atoms with Gasteiger partial charge in [0.25, 0.3) is 5.56 Å². The van der Waals surface area contributed by atoms with Crippen LogP contribution in [-0.2, 0) is 4.79 Å². The van der Waals surface area contributed by atoms with Gasteiger partial charge in [-0.25, -0.2) is 9.79 Å². The molecule has 0 aromatic carbocycles. The molecule has 0 saturated heterocycles. The number of thioether (sulfide) groups is 1. The Balaban J connectivity index is 0.00000180. The highest BCUT2D eigenvalue weighted by Gasteiger charge is 2.42. The summed E-state index contributed by atoms with van der Waals surface area (Å²) in [6.45, 7) is 3.62. The highest BCUT2D eigenvalue weighted by molar-refractivity contribution is 8.15. The number of halogens is 1. The summed E-state index contributed by atoms with van der Waals surface area (Å²) in [6, 6.07) is 2.49. The van der Waals surface area contributed by atoms with Crippen LogP contribution >= 0.6 is 24.2 Å². The molecule has 2 heterocycles. The fourth-order valence-electron chi connectivity index (χ4n) is 1.65. The van der Waals surface area contributed by atoms with E-state index in [0.29, 0.717) is 10.9 Å². The third-order valence-corrected chi connectivity index (χ3v) is 3.71. The lowest BCUT2D eigenvalue weighted by Gasteiger charge is -2.20. The number of aromatic nitrogens is 1. The summed E-state index contributed by atoms with van der Waals surface area (Å²) in [6.07, 6.45) is 1.53. The number of carboxylic acid groups (broad SMARTS) is 1. The van der Waals surface area contributed by atoms with Gasteiger partial charge in [0.15, 0.2) is 11.2 Å². The number of rotatable bonds is 2. The number of nitrogens with one attached hydrogen (secondary N) is 2. The molecule has 0 amide bonds. The van der Waals surface area contributed by atoms with Gasteiger partial charge >= 0.3 is 5.97 Å². The van der Waals surface area contributed by atoms with Gasteiger partial charge in [-0.3, -0.25) is 4.79 Å². The number of nitrogens with zero attached hydrogens (tertiary/aromatic N) is 1. The monoisotopic (exact) mass is 303 g/mol. The maximum absolute atomic E-state index is 11.5. The van der Waals surface area contributed by atoms with E-state index in [1.807, 2.05) is 13.8 Å². The second-order valence-corrected chi connectivity index (χ2v) is 6.06. The molecule has 1 aliphatic rings. The van der Waals surface area contributed by atoms with Crippen LogP contribution in [0.4, 0.5) is 5.69 Å². The maximum Gasteiger partial charge on any atom is 0.329 e. The van der Waals surface area contributed by atoms with Crippen molar-refractivity contribution in [2.24, 2.45) is 4.99 Å². The minimum absolute atomic E-state index is 0. The van der Waals surface area contributed by atoms with Gasteiger partial charge in [-0.2, -0.15) is 0 Å². The molecule has 6 nitrogen and oxygen atoms in total. The Labute approximate surface area is 120 Å². The standard InChI is InChI=1S/C11H13N3O3S.ClH/c1-11(2)7(9(16)17)14-10(18-11)13-6-4-3-5-12-8(6)15;/h3-5,7H,1-2H3,(H,12,15)(H,13,14)(H,16,17);1H. The van der Waals surface area contributed by atoms with Crippen LogP contribution in [-0.4, -0.2) is 32.0 Å². The van der Waals surface area contributed by atoms with Crippen LogP contribution in [0, 0.1) is 0 Å². The van der Waals surface area contributed by atoms with Crippen molar-refractivity contribution in [3.8, 4) is 0 Å². The number of aliphatic carboxylic acids is 1. The van der Waals surface area contributed by atoms with Crippen molar-refractivity contribution in [2.75, 3.05) is 5.32 Å². The Kier molecular flexibility index (Phi) is 4.65. The normalized spacial score (nSPS) is 20.3. The molecule has 0 bridgehead atoms. The SMILES string of the molecule is CC1(C)SC(Nc2ccc[nH]c2=O)=NC1C(=O)O.Cl. The molecule has 0 spiro atoms. The number of pyridine rings is 1. The Bertz CT molecular complexity index is 570. The summed E-state index contributed by atoms with van der Waals surface area (Å²) < 4.78 is -0.532. The molecule has 0 radical (unpaired) electrons. The van der Waals surface area contributed by atoms with Gasteiger partial charge in [0.2, 0.25) is 0 Å². The number of anilines is 1. The minimum atomic E-state index is -0.966. The first-order valence-electron chi connectivity index (χ1n) is 5.34. The van der Waals surface area contributed by atoms with Crippen molar-refractivity contribution in [3.05, 3.63) is 28.7 Å². The molecule has 3 N–H and O–H groups in total. The van der Waals surface area contributed by atoms with Gasteiger partial charge in [-0.15, -0.1) is 12.4 Å². The average Bonchev–Trinajstić information content (AvgIpc) is 2.57. The minimum Gasteiger partial charge on any atom is -0.480 e. The third-order valence-electron chi connectivity index (χ3n) is 2.56. The van der Waals surface area contributed by atoms with E-state index in [2.05, 4.69) is 15.3 Å². The molecule has 1 unspecified atom stereocenters. The highest BCUT2D eigenvalue weighted by Crippen LogP contribution is 2.37. The highest BCUT2D eigenvalue weighted by atomic mass is 35.5. The number of carbonyl (C=O) groups is 1. The van der Waals surface area contributed by atoms with Crippen LogP contribution in [0.15, 0.2) is 28.1 Å². The molecule has 1 aromatic heterocycles. The molecule has 8 heteroatoms. The summed E-state index contributed by atoms with van der Waals surface area (Å²) in [4.78, 5) is 29.2. The smallest absolute Gasteiger partial charge is 0.329 e. The van der Waals surface area contributed by atoms with Gasteiger partial charge in [0.1, 0.15) is 5.69 Å². The molecule has 0 aliphatic carbocycles. The van der Waals surface area contributed by atoms with E-state index >= 15 is 0 Å². The van der Waals surface area contributed by atoms with E-state index in [1.165, 1.54) is 18.0 Å².